The number of carbonyl (C=O) groups excluding carboxylic acids is 1. The second kappa shape index (κ2) is 8.19. The van der Waals surface area contributed by atoms with Crippen LogP contribution in [0, 0.1) is 0 Å². The van der Waals surface area contributed by atoms with Gasteiger partial charge in [0.15, 0.2) is 0 Å². The van der Waals surface area contributed by atoms with E-state index in [1.165, 1.54) is 0 Å². The van der Waals surface area contributed by atoms with Crippen molar-refractivity contribution in [2.75, 3.05) is 6.26 Å². The number of hydrogen-bond donors (Lipinski definition) is 1. The number of amides is 2. The summed E-state index contributed by atoms with van der Waals surface area (Å²) in [4.78, 5) is 14.1. The van der Waals surface area contributed by atoms with Crippen molar-refractivity contribution in [3.63, 3.8) is 0 Å². The fourth-order valence-electron chi connectivity index (χ4n) is 2.00. The standard InChI is InChI=1S/C16H26N2O4S/c1-6-13(4)18(16(19)17-12(2)3)11-14-7-9-15(10-8-14)22-23(5,20)21/h7-10,12-13H,6,11H2,1-5H3,(H,17,19). The maximum Gasteiger partial charge on any atom is 0.318 e. The van der Waals surface area contributed by atoms with Crippen molar-refractivity contribution in [2.24, 2.45) is 0 Å². The van der Waals surface area contributed by atoms with E-state index in [-0.39, 0.29) is 23.9 Å². The molecule has 1 unspecified atom stereocenters. The van der Waals surface area contributed by atoms with E-state index in [1.807, 2.05) is 27.7 Å². The molecule has 1 aromatic rings. The first-order chi connectivity index (χ1) is 10.6. The van der Waals surface area contributed by atoms with Crippen LogP contribution in [0.4, 0.5) is 4.79 Å². The molecule has 0 radical (unpaired) electrons. The van der Waals surface area contributed by atoms with Crippen molar-refractivity contribution in [3.05, 3.63) is 29.8 Å². The topological polar surface area (TPSA) is 75.7 Å². The second-order valence-corrected chi connectivity index (χ2v) is 7.50. The van der Waals surface area contributed by atoms with Crippen LogP contribution < -0.4 is 9.50 Å². The molecule has 0 aromatic heterocycles. The van der Waals surface area contributed by atoms with Crippen LogP contribution in [0.25, 0.3) is 0 Å². The summed E-state index contributed by atoms with van der Waals surface area (Å²) in [6.45, 7) is 8.32. The zero-order chi connectivity index (χ0) is 17.6. The first kappa shape index (κ1) is 19.3. The van der Waals surface area contributed by atoms with Crippen LogP contribution in [0.5, 0.6) is 5.75 Å². The minimum absolute atomic E-state index is 0.0691. The van der Waals surface area contributed by atoms with Crippen molar-refractivity contribution in [1.82, 2.24) is 10.2 Å². The van der Waals surface area contributed by atoms with E-state index < -0.39 is 10.1 Å². The van der Waals surface area contributed by atoms with Crippen LogP contribution in [0.1, 0.15) is 39.7 Å². The Kier molecular flexibility index (Phi) is 6.87. The van der Waals surface area contributed by atoms with Gasteiger partial charge in [0, 0.05) is 18.6 Å². The number of nitrogens with zero attached hydrogens (tertiary/aromatic N) is 1. The molecule has 1 aromatic carbocycles. The summed E-state index contributed by atoms with van der Waals surface area (Å²) >= 11 is 0. The lowest BCUT2D eigenvalue weighted by molar-refractivity contribution is 0.171. The molecule has 0 fully saturated rings. The van der Waals surface area contributed by atoms with Crippen molar-refractivity contribution in [3.8, 4) is 5.75 Å². The van der Waals surface area contributed by atoms with Gasteiger partial charge in [-0.3, -0.25) is 0 Å². The maximum absolute atomic E-state index is 12.3. The average molecular weight is 342 g/mol. The zero-order valence-electron chi connectivity index (χ0n) is 14.4. The highest BCUT2D eigenvalue weighted by molar-refractivity contribution is 7.86. The average Bonchev–Trinajstić information content (AvgIpc) is 2.43. The smallest absolute Gasteiger partial charge is 0.318 e. The molecule has 1 atom stereocenters. The number of nitrogens with one attached hydrogen (secondary N) is 1. The summed E-state index contributed by atoms with van der Waals surface area (Å²) in [5.41, 5.74) is 0.907. The number of carbonyl (C=O) groups is 1. The molecule has 0 bridgehead atoms. The van der Waals surface area contributed by atoms with Gasteiger partial charge in [0.25, 0.3) is 0 Å². The second-order valence-electron chi connectivity index (χ2n) is 5.92. The number of urea groups is 1. The van der Waals surface area contributed by atoms with Gasteiger partial charge in [-0.15, -0.1) is 0 Å². The summed E-state index contributed by atoms with van der Waals surface area (Å²) in [5, 5.41) is 2.90. The maximum atomic E-state index is 12.3. The summed E-state index contributed by atoms with van der Waals surface area (Å²) in [6, 6.07) is 6.76. The summed E-state index contributed by atoms with van der Waals surface area (Å²) in [6.07, 6.45) is 1.85. The molecule has 0 aliphatic carbocycles. The molecule has 0 aliphatic rings. The fourth-order valence-corrected chi connectivity index (χ4v) is 2.46. The largest absolute Gasteiger partial charge is 0.383 e. The van der Waals surface area contributed by atoms with E-state index in [0.717, 1.165) is 18.2 Å². The molecule has 7 heteroatoms. The van der Waals surface area contributed by atoms with E-state index in [0.29, 0.717) is 6.54 Å². The molecule has 0 spiro atoms. The molecule has 1 rings (SSSR count). The van der Waals surface area contributed by atoms with Crippen LogP contribution in [-0.2, 0) is 16.7 Å². The van der Waals surface area contributed by atoms with Crippen molar-refractivity contribution in [2.45, 2.75) is 52.7 Å². The monoisotopic (exact) mass is 342 g/mol. The van der Waals surface area contributed by atoms with Gasteiger partial charge in [0.2, 0.25) is 0 Å². The molecule has 0 heterocycles. The van der Waals surface area contributed by atoms with Gasteiger partial charge in [0.05, 0.1) is 6.26 Å². The molecule has 0 aliphatic heterocycles. The lowest BCUT2D eigenvalue weighted by atomic mass is 10.1. The molecule has 130 valence electrons. The van der Waals surface area contributed by atoms with Crippen LogP contribution >= 0.6 is 0 Å². The summed E-state index contributed by atoms with van der Waals surface area (Å²) < 4.78 is 27.0. The Morgan fingerprint density at radius 3 is 2.22 bits per heavy atom. The van der Waals surface area contributed by atoms with E-state index >= 15 is 0 Å². The Balaban J connectivity index is 2.85. The zero-order valence-corrected chi connectivity index (χ0v) is 15.2. The normalized spacial score (nSPS) is 12.8. The Bertz CT molecular complexity index is 611. The molecule has 0 saturated heterocycles. The molecule has 23 heavy (non-hydrogen) atoms. The highest BCUT2D eigenvalue weighted by Crippen LogP contribution is 2.17. The Labute approximate surface area is 138 Å². The van der Waals surface area contributed by atoms with E-state index in [9.17, 15) is 13.2 Å². The predicted octanol–water partition coefficient (Wildman–Crippen LogP) is 2.74. The first-order valence-electron chi connectivity index (χ1n) is 7.68. The van der Waals surface area contributed by atoms with Gasteiger partial charge in [-0.05, 0) is 44.9 Å². The van der Waals surface area contributed by atoms with E-state index in [1.54, 1.807) is 29.2 Å². The SMILES string of the molecule is CCC(C)N(Cc1ccc(OS(C)(=O)=O)cc1)C(=O)NC(C)C. The van der Waals surface area contributed by atoms with E-state index in [4.69, 9.17) is 4.18 Å². The Hall–Kier alpha value is -1.76. The van der Waals surface area contributed by atoms with Gasteiger partial charge in [-0.1, -0.05) is 19.1 Å². The van der Waals surface area contributed by atoms with Gasteiger partial charge in [0.1, 0.15) is 5.75 Å². The lowest BCUT2D eigenvalue weighted by Gasteiger charge is -2.29. The van der Waals surface area contributed by atoms with Crippen molar-refractivity contribution >= 4 is 16.1 Å². The lowest BCUT2D eigenvalue weighted by Crippen LogP contribution is -2.46. The summed E-state index contributed by atoms with van der Waals surface area (Å²) in [7, 11) is -3.53. The van der Waals surface area contributed by atoms with Gasteiger partial charge in [-0.25, -0.2) is 4.79 Å². The molecule has 6 nitrogen and oxygen atoms in total. The van der Waals surface area contributed by atoms with Gasteiger partial charge < -0.3 is 14.4 Å². The van der Waals surface area contributed by atoms with Crippen molar-refractivity contribution < 1.29 is 17.4 Å². The molecular formula is C16H26N2O4S. The third kappa shape index (κ3) is 6.90. The number of benzene rings is 1. The molecule has 2 amide bonds. The van der Waals surface area contributed by atoms with Crippen LogP contribution in [0.15, 0.2) is 24.3 Å². The highest BCUT2D eigenvalue weighted by Gasteiger charge is 2.19. The van der Waals surface area contributed by atoms with Crippen molar-refractivity contribution in [1.29, 1.82) is 0 Å². The van der Waals surface area contributed by atoms with Gasteiger partial charge in [-0.2, -0.15) is 8.42 Å². The van der Waals surface area contributed by atoms with Crippen LogP contribution in [0.2, 0.25) is 0 Å². The minimum Gasteiger partial charge on any atom is -0.383 e. The molecule has 0 saturated carbocycles. The summed E-state index contributed by atoms with van der Waals surface area (Å²) in [5.74, 6) is 0.262. The molecular weight excluding hydrogens is 316 g/mol. The Morgan fingerprint density at radius 1 is 1.22 bits per heavy atom. The number of hydrogen-bond acceptors (Lipinski definition) is 4. The highest BCUT2D eigenvalue weighted by atomic mass is 32.2. The van der Waals surface area contributed by atoms with Crippen LogP contribution in [0.3, 0.4) is 0 Å². The third-order valence-corrected chi connectivity index (χ3v) is 3.81. The van der Waals surface area contributed by atoms with Gasteiger partial charge >= 0.3 is 16.1 Å². The first-order valence-corrected chi connectivity index (χ1v) is 9.49. The third-order valence-electron chi connectivity index (χ3n) is 3.32. The Morgan fingerprint density at radius 2 is 1.78 bits per heavy atom. The fraction of sp³-hybridized carbons (Fsp3) is 0.562. The number of rotatable bonds is 7. The van der Waals surface area contributed by atoms with E-state index in [2.05, 4.69) is 5.32 Å². The predicted molar refractivity (Wildman–Crippen MR) is 90.9 cm³/mol. The minimum atomic E-state index is -3.53. The molecule has 1 N–H and O–H groups in total. The quantitative estimate of drug-likeness (QED) is 0.773. The van der Waals surface area contributed by atoms with Crippen LogP contribution in [-0.4, -0.2) is 37.7 Å².